The summed E-state index contributed by atoms with van der Waals surface area (Å²) in [5, 5.41) is 15.5. The molecular weight excluding hydrogens is 598 g/mol. The van der Waals surface area contributed by atoms with E-state index in [1.807, 2.05) is 0 Å². The van der Waals surface area contributed by atoms with E-state index in [9.17, 15) is 9.50 Å². The average Bonchev–Trinajstić information content (AvgIpc) is 3.72. The van der Waals surface area contributed by atoms with Crippen LogP contribution in [0.25, 0.3) is 32.9 Å². The number of phenols is 1. The minimum atomic E-state index is -0.695. The highest BCUT2D eigenvalue weighted by molar-refractivity contribution is 6.03. The number of aromatic nitrogens is 3. The van der Waals surface area contributed by atoms with Crippen LogP contribution in [0.15, 0.2) is 30.5 Å². The predicted molar refractivity (Wildman–Crippen MR) is 176 cm³/mol. The van der Waals surface area contributed by atoms with Crippen molar-refractivity contribution >= 4 is 27.5 Å². The van der Waals surface area contributed by atoms with Gasteiger partial charge in [0.25, 0.3) is 0 Å². The van der Waals surface area contributed by atoms with Gasteiger partial charge in [-0.1, -0.05) is 18.4 Å². The molecule has 4 aliphatic heterocycles. The number of phenolic OH excluding ortho intramolecular Hbond substituents is 1. The number of nitrogens with one attached hydrogen (secondary N) is 1. The van der Waals surface area contributed by atoms with Crippen molar-refractivity contribution in [1.29, 1.82) is 0 Å². The van der Waals surface area contributed by atoms with Gasteiger partial charge in [0.1, 0.15) is 28.6 Å². The molecule has 2 N–H and O–H groups in total. The molecule has 0 radical (unpaired) electrons. The molecule has 0 spiro atoms. The van der Waals surface area contributed by atoms with Gasteiger partial charge < -0.3 is 20.1 Å². The Kier molecular flexibility index (Phi) is 6.81. The van der Waals surface area contributed by atoms with Gasteiger partial charge >= 0.3 is 6.01 Å². The minimum absolute atomic E-state index is 0.0145. The highest BCUT2D eigenvalue weighted by Crippen LogP contribution is 2.50. The maximum absolute atomic E-state index is 16.9. The molecule has 2 aromatic heterocycles. The molecule has 6 heterocycles. The van der Waals surface area contributed by atoms with Crippen molar-refractivity contribution in [2.24, 2.45) is 5.41 Å². The third-order valence-electron chi connectivity index (χ3n) is 11.4. The van der Waals surface area contributed by atoms with Gasteiger partial charge in [0.05, 0.1) is 17.6 Å². The molecule has 2 aromatic carbocycles. The molecule has 8 nitrogen and oxygen atoms in total. The predicted octanol–water partition coefficient (Wildman–Crippen LogP) is 5.93. The maximum atomic E-state index is 16.9. The van der Waals surface area contributed by atoms with Crippen LogP contribution in [-0.2, 0) is 0 Å². The molecular formula is C37H38F2N6O2. The molecule has 0 amide bonds. The topological polar surface area (TPSA) is 86.6 Å². The van der Waals surface area contributed by atoms with Gasteiger partial charge in [-0.3, -0.25) is 9.88 Å². The third kappa shape index (κ3) is 4.97. The summed E-state index contributed by atoms with van der Waals surface area (Å²) in [5.74, 6) is 1.61. The monoisotopic (exact) mass is 636 g/mol. The quantitative estimate of drug-likeness (QED) is 0.242. The number of fused-ring (bicyclic) bond motifs is 6. The van der Waals surface area contributed by atoms with E-state index in [1.54, 1.807) is 6.20 Å². The van der Waals surface area contributed by atoms with Gasteiger partial charge in [-0.15, -0.1) is 6.42 Å². The second-order valence-corrected chi connectivity index (χ2v) is 14.5. The van der Waals surface area contributed by atoms with Gasteiger partial charge in [-0.25, -0.2) is 8.78 Å². The van der Waals surface area contributed by atoms with E-state index in [2.05, 4.69) is 31.0 Å². The number of pyridine rings is 1. The van der Waals surface area contributed by atoms with Crippen LogP contribution in [0.4, 0.5) is 14.6 Å². The van der Waals surface area contributed by atoms with Crippen molar-refractivity contribution in [3.63, 3.8) is 0 Å². The van der Waals surface area contributed by atoms with Gasteiger partial charge in [0.2, 0.25) is 0 Å². The molecule has 4 atom stereocenters. The van der Waals surface area contributed by atoms with Crippen molar-refractivity contribution in [3.8, 4) is 35.4 Å². The first kappa shape index (κ1) is 29.1. The maximum Gasteiger partial charge on any atom is 0.319 e. The number of rotatable bonds is 7. The number of piperidine rings is 1. The van der Waals surface area contributed by atoms with Gasteiger partial charge in [0, 0.05) is 66.4 Å². The fourth-order valence-corrected chi connectivity index (χ4v) is 8.85. The lowest BCUT2D eigenvalue weighted by Crippen LogP contribution is -2.51. The fourth-order valence-electron chi connectivity index (χ4n) is 8.85. The number of anilines is 1. The summed E-state index contributed by atoms with van der Waals surface area (Å²) in [7, 11) is 0. The van der Waals surface area contributed by atoms with Crippen molar-refractivity contribution in [2.45, 2.75) is 82.0 Å². The molecule has 5 aliphatic rings. The van der Waals surface area contributed by atoms with E-state index in [-0.39, 0.29) is 39.5 Å². The zero-order valence-corrected chi connectivity index (χ0v) is 26.3. The lowest BCUT2D eigenvalue weighted by Gasteiger charge is -2.37. The molecule has 9 rings (SSSR count). The van der Waals surface area contributed by atoms with E-state index >= 15 is 4.39 Å². The smallest absolute Gasteiger partial charge is 0.319 e. The number of aromatic hydroxyl groups is 1. The molecule has 4 bridgehead atoms. The lowest BCUT2D eigenvalue weighted by molar-refractivity contribution is 0.0882. The molecule has 5 fully saturated rings. The van der Waals surface area contributed by atoms with E-state index < -0.39 is 11.6 Å². The molecule has 4 aromatic rings. The number of hydrogen-bond acceptors (Lipinski definition) is 8. The van der Waals surface area contributed by atoms with E-state index in [0.717, 1.165) is 45.3 Å². The Hall–Kier alpha value is -4.07. The first-order chi connectivity index (χ1) is 22.9. The molecule has 1 aliphatic carbocycles. The third-order valence-corrected chi connectivity index (χ3v) is 11.4. The van der Waals surface area contributed by atoms with Crippen LogP contribution in [0.3, 0.4) is 0 Å². The summed E-state index contributed by atoms with van der Waals surface area (Å²) >= 11 is 0. The highest BCUT2D eigenvalue weighted by atomic mass is 19.1. The molecule has 10 heteroatoms. The van der Waals surface area contributed by atoms with Gasteiger partial charge in [-0.2, -0.15) is 9.97 Å². The molecule has 4 saturated heterocycles. The van der Waals surface area contributed by atoms with Crippen LogP contribution in [0.5, 0.6) is 11.8 Å². The van der Waals surface area contributed by atoms with E-state index in [4.69, 9.17) is 16.1 Å². The van der Waals surface area contributed by atoms with Gasteiger partial charge in [-0.05, 0) is 75.0 Å². The summed E-state index contributed by atoms with van der Waals surface area (Å²) < 4.78 is 38.1. The second-order valence-electron chi connectivity index (χ2n) is 14.5. The molecule has 242 valence electrons. The second kappa shape index (κ2) is 11.0. The Bertz CT molecular complexity index is 1930. The Morgan fingerprint density at radius 2 is 1.79 bits per heavy atom. The van der Waals surface area contributed by atoms with Crippen LogP contribution < -0.4 is 15.0 Å². The van der Waals surface area contributed by atoms with E-state index in [1.165, 1.54) is 56.4 Å². The summed E-state index contributed by atoms with van der Waals surface area (Å²) in [4.78, 5) is 19.1. The van der Waals surface area contributed by atoms with Crippen LogP contribution in [0, 0.1) is 29.4 Å². The van der Waals surface area contributed by atoms with Gasteiger partial charge in [0.15, 0.2) is 5.82 Å². The first-order valence-electron chi connectivity index (χ1n) is 17.1. The van der Waals surface area contributed by atoms with Crippen molar-refractivity contribution < 1.29 is 18.6 Å². The zero-order chi connectivity index (χ0) is 31.9. The van der Waals surface area contributed by atoms with Crippen molar-refractivity contribution in [3.05, 3.63) is 47.7 Å². The van der Waals surface area contributed by atoms with Crippen LogP contribution in [0.1, 0.15) is 63.4 Å². The summed E-state index contributed by atoms with van der Waals surface area (Å²) in [6.45, 7) is 3.01. The Morgan fingerprint density at radius 1 is 1.02 bits per heavy atom. The van der Waals surface area contributed by atoms with Crippen LogP contribution in [-0.4, -0.2) is 75.4 Å². The molecule has 1 saturated carbocycles. The first-order valence-corrected chi connectivity index (χ1v) is 17.1. The van der Waals surface area contributed by atoms with Crippen LogP contribution in [0.2, 0.25) is 0 Å². The number of ether oxygens (including phenoxy) is 1. The van der Waals surface area contributed by atoms with Crippen LogP contribution >= 0.6 is 0 Å². The van der Waals surface area contributed by atoms with Crippen molar-refractivity contribution in [1.82, 2.24) is 25.2 Å². The van der Waals surface area contributed by atoms with E-state index in [0.29, 0.717) is 52.8 Å². The molecule has 47 heavy (non-hydrogen) atoms. The Balaban J connectivity index is 1.12. The fraction of sp³-hybridized carbons (Fsp3) is 0.486. The number of benzene rings is 2. The Labute approximate surface area is 272 Å². The SMILES string of the molecule is C#Cc1c(F)ccc2cc(O)cc(-c3ncc4c(N5C[C@H]6CC[C@@H](C5)N6)nc(OCC5(CN6C7CCCC6CC7)CC5)nc4c3F)c12. The average molecular weight is 637 g/mol. The largest absolute Gasteiger partial charge is 0.508 e. The van der Waals surface area contributed by atoms with Crippen molar-refractivity contribution in [2.75, 3.05) is 31.1 Å². The molecule has 2 unspecified atom stereocenters. The zero-order valence-electron chi connectivity index (χ0n) is 26.3. The number of terminal acetylenes is 1. The number of nitrogens with zero attached hydrogens (tertiary/aromatic N) is 5. The summed E-state index contributed by atoms with van der Waals surface area (Å²) in [5.41, 5.74) is 0.260. The minimum Gasteiger partial charge on any atom is -0.508 e. The number of hydrogen-bond donors (Lipinski definition) is 2. The lowest BCUT2D eigenvalue weighted by atomic mass is 9.96. The highest BCUT2D eigenvalue weighted by Gasteiger charge is 2.49. The Morgan fingerprint density at radius 3 is 2.51 bits per heavy atom. The summed E-state index contributed by atoms with van der Waals surface area (Å²) in [6.07, 6.45) is 18.2. The number of piperazine rings is 1. The number of halogens is 2. The normalized spacial score (nSPS) is 26.2. The standard InChI is InChI=1S/C37H38F2N6O2/c1-2-27-30(38)11-6-21-14-26(46)15-28(31(21)27)33-32(39)34-29(16-40-33)35(44-17-22-7-8-23(18-44)41-22)43-36(42-34)47-20-37(12-13-37)19-45-24-4-3-5-25(45)10-9-24/h1,6,11,14-16,22-25,41,46H,3-5,7-10,12-13,17-20H2/t22-,23+,24?,25?. The summed E-state index contributed by atoms with van der Waals surface area (Å²) in [6, 6.07) is 7.82.